The molecule has 0 aromatic heterocycles. The van der Waals surface area contributed by atoms with Gasteiger partial charge in [-0.2, -0.15) is 0 Å². The van der Waals surface area contributed by atoms with Gasteiger partial charge in [0.25, 0.3) is 0 Å². The number of amides is 2. The number of nitrogens with zero attached hydrogens (tertiary/aromatic N) is 1. The lowest BCUT2D eigenvalue weighted by Crippen LogP contribution is -2.46. The number of rotatable bonds is 6. The Balaban J connectivity index is 2.20. The molecule has 6 heteroatoms. The molecule has 0 radical (unpaired) electrons. The maximum absolute atomic E-state index is 12.5. The molecule has 1 N–H and O–H groups in total. The molecule has 1 aromatic carbocycles. The van der Waals surface area contributed by atoms with Crippen LogP contribution in [0, 0.1) is 5.92 Å². The third-order valence-electron chi connectivity index (χ3n) is 4.26. The first kappa shape index (κ1) is 17.3. The van der Waals surface area contributed by atoms with E-state index in [9.17, 15) is 9.59 Å². The largest absolute Gasteiger partial charge is 0.497 e. The molecule has 2 atom stereocenters. The van der Waals surface area contributed by atoms with E-state index in [0.717, 1.165) is 11.3 Å². The molecule has 1 heterocycles. The normalized spacial score (nSPS) is 21.2. The fraction of sp³-hybridized carbons (Fsp3) is 0.529. The first-order valence-corrected chi connectivity index (χ1v) is 7.74. The van der Waals surface area contributed by atoms with Crippen LogP contribution in [0.15, 0.2) is 24.3 Å². The highest BCUT2D eigenvalue weighted by Crippen LogP contribution is 2.36. The molecule has 2 rings (SSSR count). The van der Waals surface area contributed by atoms with E-state index < -0.39 is 0 Å². The molecule has 1 saturated heterocycles. The molecule has 0 aliphatic carbocycles. The number of carbonyl (C=O) groups excluding carboxylic acids is 2. The van der Waals surface area contributed by atoms with E-state index >= 15 is 0 Å². The van der Waals surface area contributed by atoms with Gasteiger partial charge in [0.15, 0.2) is 0 Å². The second-order valence-electron chi connectivity index (χ2n) is 5.65. The molecule has 126 valence electrons. The van der Waals surface area contributed by atoms with Crippen LogP contribution in [0.3, 0.4) is 0 Å². The van der Waals surface area contributed by atoms with Crippen molar-refractivity contribution in [2.75, 3.05) is 34.4 Å². The zero-order valence-electron chi connectivity index (χ0n) is 13.9. The second kappa shape index (κ2) is 7.97. The van der Waals surface area contributed by atoms with Gasteiger partial charge in [-0.1, -0.05) is 12.1 Å². The van der Waals surface area contributed by atoms with Crippen molar-refractivity contribution >= 4 is 11.8 Å². The van der Waals surface area contributed by atoms with Crippen LogP contribution in [-0.2, 0) is 14.3 Å². The number of hydrogen-bond donors (Lipinski definition) is 1. The van der Waals surface area contributed by atoms with Crippen LogP contribution in [-0.4, -0.2) is 51.1 Å². The van der Waals surface area contributed by atoms with E-state index in [2.05, 4.69) is 5.32 Å². The number of ether oxygens (including phenoxy) is 2. The molecule has 1 fully saturated rings. The Kier molecular flexibility index (Phi) is 5.98. The second-order valence-corrected chi connectivity index (χ2v) is 5.65. The molecule has 6 nitrogen and oxygen atoms in total. The molecular weight excluding hydrogens is 296 g/mol. The van der Waals surface area contributed by atoms with Gasteiger partial charge in [0.1, 0.15) is 5.75 Å². The molecule has 1 aromatic rings. The standard InChI is InChI=1S/C17H24N2O4/c1-19-15(20)9-8-14(17(21)18-10-11-22-2)16(19)12-4-6-13(23-3)7-5-12/h4-7,14,16H,8-11H2,1-3H3,(H,18,21)/t14-,16-/m1/s1. The number of likely N-dealkylation sites (tertiary alicyclic amines) is 1. The summed E-state index contributed by atoms with van der Waals surface area (Å²) in [6.45, 7) is 0.944. The molecule has 1 aliphatic rings. The summed E-state index contributed by atoms with van der Waals surface area (Å²) in [6.07, 6.45) is 0.949. The van der Waals surface area contributed by atoms with E-state index in [1.54, 1.807) is 26.2 Å². The Morgan fingerprint density at radius 2 is 2.00 bits per heavy atom. The third-order valence-corrected chi connectivity index (χ3v) is 4.26. The number of hydrogen-bond acceptors (Lipinski definition) is 4. The lowest BCUT2D eigenvalue weighted by Gasteiger charge is -2.38. The molecule has 2 amide bonds. The highest BCUT2D eigenvalue weighted by Gasteiger charge is 2.38. The Morgan fingerprint density at radius 1 is 1.30 bits per heavy atom. The summed E-state index contributed by atoms with van der Waals surface area (Å²) >= 11 is 0. The van der Waals surface area contributed by atoms with E-state index in [1.165, 1.54) is 0 Å². The van der Waals surface area contributed by atoms with Crippen molar-refractivity contribution in [1.29, 1.82) is 0 Å². The Bertz CT molecular complexity index is 544. The molecule has 0 unspecified atom stereocenters. The van der Waals surface area contributed by atoms with Crippen molar-refractivity contribution in [2.45, 2.75) is 18.9 Å². The molecule has 0 spiro atoms. The Hall–Kier alpha value is -2.08. The Labute approximate surface area is 136 Å². The lowest BCUT2D eigenvalue weighted by molar-refractivity contribution is -0.141. The monoisotopic (exact) mass is 320 g/mol. The van der Waals surface area contributed by atoms with Crippen LogP contribution in [0.4, 0.5) is 0 Å². The molecule has 0 saturated carbocycles. The molecular formula is C17H24N2O4. The van der Waals surface area contributed by atoms with Crippen molar-refractivity contribution in [1.82, 2.24) is 10.2 Å². The number of benzene rings is 1. The van der Waals surface area contributed by atoms with Crippen LogP contribution >= 0.6 is 0 Å². The van der Waals surface area contributed by atoms with Gasteiger partial charge in [-0.15, -0.1) is 0 Å². The van der Waals surface area contributed by atoms with Crippen molar-refractivity contribution in [3.05, 3.63) is 29.8 Å². The minimum Gasteiger partial charge on any atom is -0.497 e. The third kappa shape index (κ3) is 4.01. The van der Waals surface area contributed by atoms with Crippen LogP contribution in [0.25, 0.3) is 0 Å². The van der Waals surface area contributed by atoms with Gasteiger partial charge in [0, 0.05) is 27.1 Å². The van der Waals surface area contributed by atoms with Crippen LogP contribution in [0.1, 0.15) is 24.4 Å². The van der Waals surface area contributed by atoms with E-state index in [1.807, 2.05) is 24.3 Å². The summed E-state index contributed by atoms with van der Waals surface area (Å²) in [5, 5.41) is 2.88. The Morgan fingerprint density at radius 3 is 2.61 bits per heavy atom. The number of carbonyl (C=O) groups is 2. The van der Waals surface area contributed by atoms with Crippen LogP contribution < -0.4 is 10.1 Å². The van der Waals surface area contributed by atoms with Crippen molar-refractivity contribution in [2.24, 2.45) is 5.92 Å². The summed E-state index contributed by atoms with van der Waals surface area (Å²) in [6, 6.07) is 7.26. The average Bonchev–Trinajstić information content (AvgIpc) is 2.57. The summed E-state index contributed by atoms with van der Waals surface area (Å²) < 4.78 is 10.1. The fourth-order valence-electron chi connectivity index (χ4n) is 2.98. The van der Waals surface area contributed by atoms with Gasteiger partial charge in [-0.3, -0.25) is 9.59 Å². The highest BCUT2D eigenvalue weighted by atomic mass is 16.5. The van der Waals surface area contributed by atoms with Crippen LogP contribution in [0.2, 0.25) is 0 Å². The molecule has 0 bridgehead atoms. The first-order chi connectivity index (χ1) is 11.1. The maximum Gasteiger partial charge on any atom is 0.225 e. The predicted molar refractivity (Wildman–Crippen MR) is 86.1 cm³/mol. The van der Waals surface area contributed by atoms with Crippen LogP contribution in [0.5, 0.6) is 5.75 Å². The first-order valence-electron chi connectivity index (χ1n) is 7.74. The summed E-state index contributed by atoms with van der Waals surface area (Å²) in [4.78, 5) is 26.3. The minimum absolute atomic E-state index is 0.0396. The number of piperidine rings is 1. The highest BCUT2D eigenvalue weighted by molar-refractivity contribution is 5.84. The van der Waals surface area contributed by atoms with Gasteiger partial charge in [0.05, 0.1) is 25.7 Å². The van der Waals surface area contributed by atoms with E-state index in [-0.39, 0.29) is 23.8 Å². The number of nitrogens with one attached hydrogen (secondary N) is 1. The zero-order chi connectivity index (χ0) is 16.8. The average molecular weight is 320 g/mol. The van der Waals surface area contributed by atoms with Crippen molar-refractivity contribution in [3.63, 3.8) is 0 Å². The summed E-state index contributed by atoms with van der Waals surface area (Å²) in [7, 11) is 4.96. The summed E-state index contributed by atoms with van der Waals surface area (Å²) in [5.74, 6) is 0.511. The fourth-order valence-corrected chi connectivity index (χ4v) is 2.98. The zero-order valence-corrected chi connectivity index (χ0v) is 13.9. The van der Waals surface area contributed by atoms with Gasteiger partial charge in [0.2, 0.25) is 11.8 Å². The van der Waals surface area contributed by atoms with Crippen molar-refractivity contribution < 1.29 is 19.1 Å². The van der Waals surface area contributed by atoms with Crippen molar-refractivity contribution in [3.8, 4) is 5.75 Å². The van der Waals surface area contributed by atoms with Gasteiger partial charge in [-0.05, 0) is 24.1 Å². The van der Waals surface area contributed by atoms with E-state index in [0.29, 0.717) is 26.0 Å². The topological polar surface area (TPSA) is 67.9 Å². The molecule has 1 aliphatic heterocycles. The smallest absolute Gasteiger partial charge is 0.225 e. The minimum atomic E-state index is -0.261. The number of methoxy groups -OCH3 is 2. The van der Waals surface area contributed by atoms with E-state index in [4.69, 9.17) is 9.47 Å². The van der Waals surface area contributed by atoms with Gasteiger partial charge >= 0.3 is 0 Å². The SMILES string of the molecule is COCCNC(=O)[C@@H]1CCC(=O)N(C)[C@@H]1c1ccc(OC)cc1. The maximum atomic E-state index is 12.5. The van der Waals surface area contributed by atoms with Gasteiger partial charge < -0.3 is 19.7 Å². The quantitative estimate of drug-likeness (QED) is 0.804. The lowest BCUT2D eigenvalue weighted by atomic mass is 9.84. The predicted octanol–water partition coefficient (Wildman–Crippen LogP) is 1.37. The molecule has 23 heavy (non-hydrogen) atoms. The summed E-state index contributed by atoms with van der Waals surface area (Å²) in [5.41, 5.74) is 0.938. The van der Waals surface area contributed by atoms with Gasteiger partial charge in [-0.25, -0.2) is 0 Å².